The smallest absolute Gasteiger partial charge is 0.318 e. The molecule has 198 valence electrons. The molecule has 1 atom stereocenters. The number of carbonyl (C=O) groups is 2. The Morgan fingerprint density at radius 2 is 1.76 bits per heavy atom. The van der Waals surface area contributed by atoms with E-state index in [0.29, 0.717) is 19.5 Å². The van der Waals surface area contributed by atoms with Gasteiger partial charge in [-0.15, -0.1) is 0 Å². The first-order valence-electron chi connectivity index (χ1n) is 14.0. The predicted molar refractivity (Wildman–Crippen MR) is 151 cm³/mol. The van der Waals surface area contributed by atoms with E-state index < -0.39 is 6.04 Å². The standard InChI is InChI=1S/C31H37N5O2/c32-23-9-11-24(12-10-23)34-29(37)28(19-22-20-33-27-8-4-2-6-25(22)27)35-30(38)36-17-15-31(16-18-36)14-13-21-5-1-3-7-26(21)31/h1-8,13-14,20,23-24,28,33H,9-12,15-19,32H2,(H,34,37)(H,35,38). The minimum absolute atomic E-state index is 0.00994. The van der Waals surface area contributed by atoms with Gasteiger partial charge in [0.05, 0.1) is 0 Å². The Morgan fingerprint density at radius 3 is 2.58 bits per heavy atom. The van der Waals surface area contributed by atoms with Crippen molar-refractivity contribution in [2.24, 2.45) is 5.73 Å². The van der Waals surface area contributed by atoms with Gasteiger partial charge >= 0.3 is 6.03 Å². The predicted octanol–water partition coefficient (Wildman–Crippen LogP) is 4.24. The summed E-state index contributed by atoms with van der Waals surface area (Å²) in [6, 6.07) is 16.1. The second-order valence-electron chi connectivity index (χ2n) is 11.2. The number of hydrogen-bond acceptors (Lipinski definition) is 3. The van der Waals surface area contributed by atoms with Gasteiger partial charge in [-0.1, -0.05) is 54.6 Å². The summed E-state index contributed by atoms with van der Waals surface area (Å²) >= 11 is 0. The number of aromatic nitrogens is 1. The van der Waals surface area contributed by atoms with Crippen LogP contribution in [0.15, 0.2) is 60.8 Å². The van der Waals surface area contributed by atoms with Crippen molar-refractivity contribution in [3.8, 4) is 0 Å². The van der Waals surface area contributed by atoms with Gasteiger partial charge in [0.25, 0.3) is 0 Å². The van der Waals surface area contributed by atoms with Crippen molar-refractivity contribution in [3.63, 3.8) is 0 Å². The van der Waals surface area contributed by atoms with Gasteiger partial charge in [-0.3, -0.25) is 4.79 Å². The van der Waals surface area contributed by atoms with Crippen molar-refractivity contribution in [2.45, 2.75) is 68.5 Å². The molecule has 1 saturated carbocycles. The molecule has 1 unspecified atom stereocenters. The van der Waals surface area contributed by atoms with Crippen LogP contribution < -0.4 is 16.4 Å². The molecule has 1 saturated heterocycles. The van der Waals surface area contributed by atoms with Gasteiger partial charge in [0, 0.05) is 54.1 Å². The summed E-state index contributed by atoms with van der Waals surface area (Å²) in [7, 11) is 0. The van der Waals surface area contributed by atoms with Crippen LogP contribution in [0.5, 0.6) is 0 Å². The van der Waals surface area contributed by atoms with E-state index in [2.05, 4.69) is 58.1 Å². The number of allylic oxidation sites excluding steroid dienone is 1. The average Bonchev–Trinajstić information content (AvgIpc) is 3.52. The maximum Gasteiger partial charge on any atom is 0.318 e. The van der Waals surface area contributed by atoms with E-state index in [1.54, 1.807) is 0 Å². The zero-order valence-corrected chi connectivity index (χ0v) is 21.8. The fourth-order valence-corrected chi connectivity index (χ4v) is 6.52. The first kappa shape index (κ1) is 24.7. The van der Waals surface area contributed by atoms with Crippen molar-refractivity contribution < 1.29 is 9.59 Å². The molecule has 0 radical (unpaired) electrons. The Hall–Kier alpha value is -3.58. The highest BCUT2D eigenvalue weighted by Gasteiger charge is 2.39. The fourth-order valence-electron chi connectivity index (χ4n) is 6.52. The topological polar surface area (TPSA) is 103 Å². The summed E-state index contributed by atoms with van der Waals surface area (Å²) in [5.41, 5.74) is 10.8. The maximum absolute atomic E-state index is 13.5. The second kappa shape index (κ2) is 10.3. The SMILES string of the molecule is NC1CCC(NC(=O)C(Cc2c[nH]c3ccccc23)NC(=O)N2CCC3(C=Cc4ccccc43)CC2)CC1. The minimum Gasteiger partial charge on any atom is -0.361 e. The lowest BCUT2D eigenvalue weighted by Gasteiger charge is -2.39. The number of amides is 3. The Kier molecular flexibility index (Phi) is 6.70. The highest BCUT2D eigenvalue weighted by molar-refractivity contribution is 5.89. The number of nitrogens with one attached hydrogen (secondary N) is 3. The van der Waals surface area contributed by atoms with Gasteiger partial charge in [-0.05, 0) is 61.3 Å². The fraction of sp³-hybridized carbons (Fsp3) is 0.419. The highest BCUT2D eigenvalue weighted by atomic mass is 16.2. The lowest BCUT2D eigenvalue weighted by atomic mass is 9.74. The molecule has 2 fully saturated rings. The summed E-state index contributed by atoms with van der Waals surface area (Å²) in [6.45, 7) is 1.32. The number of fused-ring (bicyclic) bond motifs is 3. The van der Waals surface area contributed by atoms with Gasteiger partial charge in [0.15, 0.2) is 0 Å². The number of likely N-dealkylation sites (tertiary alicyclic amines) is 1. The number of aromatic amines is 1. The lowest BCUT2D eigenvalue weighted by Crippen LogP contribution is -2.56. The summed E-state index contributed by atoms with van der Waals surface area (Å²) in [6.07, 6.45) is 12.3. The van der Waals surface area contributed by atoms with E-state index in [9.17, 15) is 9.59 Å². The molecule has 7 nitrogen and oxygen atoms in total. The first-order valence-corrected chi connectivity index (χ1v) is 14.0. The molecule has 5 N–H and O–H groups in total. The van der Waals surface area contributed by atoms with Crippen LogP contribution in [0.3, 0.4) is 0 Å². The molecule has 6 rings (SSSR count). The molecule has 1 spiro atoms. The van der Waals surface area contributed by atoms with E-state index >= 15 is 0 Å². The van der Waals surface area contributed by atoms with Crippen LogP contribution in [0.1, 0.15) is 55.2 Å². The van der Waals surface area contributed by atoms with Crippen molar-refractivity contribution in [3.05, 3.63) is 77.5 Å². The van der Waals surface area contributed by atoms with Crippen LogP contribution in [0.25, 0.3) is 17.0 Å². The molecule has 2 aliphatic carbocycles. The summed E-state index contributed by atoms with van der Waals surface area (Å²) in [4.78, 5) is 32.2. The van der Waals surface area contributed by atoms with E-state index in [1.165, 1.54) is 11.1 Å². The normalized spacial score (nSPS) is 22.8. The Labute approximate surface area is 223 Å². The zero-order valence-electron chi connectivity index (χ0n) is 21.8. The number of H-pyrrole nitrogens is 1. The number of para-hydroxylation sites is 1. The third kappa shape index (κ3) is 4.83. The van der Waals surface area contributed by atoms with Gasteiger partial charge in [-0.25, -0.2) is 4.79 Å². The van der Waals surface area contributed by atoms with Crippen molar-refractivity contribution >= 4 is 28.9 Å². The summed E-state index contributed by atoms with van der Waals surface area (Å²) in [5, 5.41) is 7.39. The Morgan fingerprint density at radius 1 is 1.03 bits per heavy atom. The molecular weight excluding hydrogens is 474 g/mol. The van der Waals surface area contributed by atoms with Crippen LogP contribution >= 0.6 is 0 Å². The molecule has 38 heavy (non-hydrogen) atoms. The number of carbonyl (C=O) groups excluding carboxylic acids is 2. The number of hydrogen-bond donors (Lipinski definition) is 4. The van der Waals surface area contributed by atoms with Crippen molar-refractivity contribution in [1.29, 1.82) is 0 Å². The first-order chi connectivity index (χ1) is 18.5. The molecule has 3 amide bonds. The van der Waals surface area contributed by atoms with Gasteiger partial charge in [0.2, 0.25) is 5.91 Å². The Bertz CT molecular complexity index is 1350. The van der Waals surface area contributed by atoms with Gasteiger partial charge in [0.1, 0.15) is 6.04 Å². The average molecular weight is 512 g/mol. The number of piperidine rings is 1. The van der Waals surface area contributed by atoms with E-state index in [-0.39, 0.29) is 29.4 Å². The molecule has 0 bridgehead atoms. The van der Waals surface area contributed by atoms with Gasteiger partial charge < -0.3 is 26.3 Å². The quantitative estimate of drug-likeness (QED) is 0.412. The van der Waals surface area contributed by atoms with Crippen LogP contribution in [-0.2, 0) is 16.6 Å². The van der Waals surface area contributed by atoms with Crippen molar-refractivity contribution in [2.75, 3.05) is 13.1 Å². The molecule has 7 heteroatoms. The monoisotopic (exact) mass is 511 g/mol. The third-order valence-electron chi connectivity index (χ3n) is 8.85. The number of nitrogens with zero attached hydrogens (tertiary/aromatic N) is 1. The van der Waals surface area contributed by atoms with Crippen LogP contribution in [0, 0.1) is 0 Å². The van der Waals surface area contributed by atoms with Crippen LogP contribution in [-0.4, -0.2) is 53.0 Å². The summed E-state index contributed by atoms with van der Waals surface area (Å²) in [5.74, 6) is -0.120. The third-order valence-corrected chi connectivity index (χ3v) is 8.85. The van der Waals surface area contributed by atoms with Crippen molar-refractivity contribution in [1.82, 2.24) is 20.5 Å². The Balaban J connectivity index is 1.15. The van der Waals surface area contributed by atoms with E-state index in [4.69, 9.17) is 5.73 Å². The lowest BCUT2D eigenvalue weighted by molar-refractivity contribution is -0.123. The number of benzene rings is 2. The van der Waals surface area contributed by atoms with Crippen LogP contribution in [0.2, 0.25) is 0 Å². The number of nitrogens with two attached hydrogens (primary N) is 1. The largest absolute Gasteiger partial charge is 0.361 e. The van der Waals surface area contributed by atoms with Crippen LogP contribution in [0.4, 0.5) is 4.79 Å². The van der Waals surface area contributed by atoms with E-state index in [1.807, 2.05) is 29.3 Å². The molecule has 3 aliphatic rings. The van der Waals surface area contributed by atoms with E-state index in [0.717, 1.165) is 55.0 Å². The second-order valence-corrected chi connectivity index (χ2v) is 11.2. The highest BCUT2D eigenvalue weighted by Crippen LogP contribution is 2.43. The molecule has 1 aromatic heterocycles. The maximum atomic E-state index is 13.5. The minimum atomic E-state index is -0.653. The molecule has 3 aromatic rings. The summed E-state index contributed by atoms with van der Waals surface area (Å²) < 4.78 is 0. The molecular formula is C31H37N5O2. The van der Waals surface area contributed by atoms with Gasteiger partial charge in [-0.2, -0.15) is 0 Å². The zero-order chi connectivity index (χ0) is 26.1. The number of urea groups is 1. The molecule has 1 aliphatic heterocycles. The molecule has 2 aromatic carbocycles. The number of rotatable bonds is 5. The molecule has 2 heterocycles.